The first-order chi connectivity index (χ1) is 40.4. The van der Waals surface area contributed by atoms with E-state index >= 15 is 0 Å². The van der Waals surface area contributed by atoms with E-state index < -0.39 is 285 Å². The normalized spacial score (nSPS) is 24.1. The van der Waals surface area contributed by atoms with Crippen molar-refractivity contribution in [1.29, 1.82) is 0 Å². The summed E-state index contributed by atoms with van der Waals surface area (Å²) in [6.07, 6.45) is 0. The Kier molecular flexibility index (Phi) is 43.0. The van der Waals surface area contributed by atoms with Crippen molar-refractivity contribution in [3.05, 3.63) is 0 Å². The molecule has 0 amide bonds. The molecule has 16 N–H and O–H groups in total. The van der Waals surface area contributed by atoms with Crippen molar-refractivity contribution in [2.45, 2.75) is 45.8 Å². The molecular formula is C7H37O49Si30. The Bertz CT molecular complexity index is 1780. The maximum atomic E-state index is 11.4. The van der Waals surface area contributed by atoms with Gasteiger partial charge < -0.3 is 213 Å². The van der Waals surface area contributed by atoms with E-state index in [-0.39, 0.29) is 0 Å². The first-order valence-corrected chi connectivity index (χ1v) is 61.6. The average molecular weight is 1750 g/mol. The van der Waals surface area contributed by atoms with Crippen molar-refractivity contribution in [2.24, 2.45) is 0 Å². The van der Waals surface area contributed by atoms with Gasteiger partial charge in [0.15, 0.2) is 0 Å². The lowest BCUT2D eigenvalue weighted by Gasteiger charge is -2.30. The molecule has 86 heavy (non-hydrogen) atoms. The largest absolute Gasteiger partial charge is 0.563 e. The highest BCUT2D eigenvalue weighted by Crippen LogP contribution is 2.18. The van der Waals surface area contributed by atoms with Crippen LogP contribution in [0.3, 0.4) is 0 Å². The fraction of sp³-hybridized carbons (Fsp3) is 1.00. The molecule has 4 saturated heterocycles. The summed E-state index contributed by atoms with van der Waals surface area (Å²) in [6, 6.07) is 0. The molecule has 31 radical (unpaired) electrons. The van der Waals surface area contributed by atoms with Gasteiger partial charge in [-0.25, -0.2) is 0 Å². The molecule has 49 nitrogen and oxygen atoms in total. The number of hydrogen-bond acceptors (Lipinski definition) is 49. The van der Waals surface area contributed by atoms with Gasteiger partial charge in [-0.15, -0.1) is 0 Å². The van der Waals surface area contributed by atoms with Crippen molar-refractivity contribution in [1.82, 2.24) is 0 Å². The monoisotopic (exact) mass is 1740 g/mol. The van der Waals surface area contributed by atoms with Crippen molar-refractivity contribution in [3.63, 3.8) is 0 Å². The SMILES string of the molecule is C[Si](O)O[Si](O)O[Si](C)O[Si]1O[Si](C)O[Si](O)O[Si]2O[Si](O)O[Si](O)O[Si](O[Si](O)O[Si]3O[Si](O)O[Si]O[Si](C)O[Si](C)O[Si](O[Si]4O[Si](O[Si](C)O)O[Si](C)O[Si](O[Si](O)O)O[Si](O[Si](O)O[Si](O)O)O[Si](O[Si](O)O)O4)O3)O[Si](O)O[Si](O1)O2. The van der Waals surface area contributed by atoms with E-state index in [0.29, 0.717) is 0 Å². The van der Waals surface area contributed by atoms with E-state index in [1.807, 2.05) is 0 Å². The Labute approximate surface area is 538 Å². The molecule has 79 heteroatoms. The predicted octanol–water partition coefficient (Wildman–Crippen LogP) is -18.5. The van der Waals surface area contributed by atoms with Crippen LogP contribution in [0.15, 0.2) is 0 Å². The highest BCUT2D eigenvalue weighted by atomic mass is 28.6. The lowest BCUT2D eigenvalue weighted by Crippen LogP contribution is -2.57. The minimum absolute atomic E-state index is 0.944. The summed E-state index contributed by atoms with van der Waals surface area (Å²) in [6.45, 7) is 9.37. The van der Waals surface area contributed by atoms with Gasteiger partial charge in [-0.05, 0) is 45.8 Å². The third kappa shape index (κ3) is 37.5. The molecule has 0 atom stereocenters. The summed E-state index contributed by atoms with van der Waals surface area (Å²) in [5.74, 6) is 0. The first kappa shape index (κ1) is 83.0. The zero-order valence-corrected chi connectivity index (χ0v) is 72.6. The number of hydrogen-bond donors (Lipinski definition) is 16. The molecule has 4 aliphatic heterocycles. The Morgan fingerprint density at radius 3 is 1.26 bits per heavy atom. The lowest BCUT2D eigenvalue weighted by molar-refractivity contribution is 0.114. The quantitative estimate of drug-likeness (QED) is 0.0448. The lowest BCUT2D eigenvalue weighted by atomic mass is 11.9. The van der Waals surface area contributed by atoms with E-state index in [4.69, 9.17) is 132 Å². The number of rotatable bonds is 22. The van der Waals surface area contributed by atoms with E-state index in [9.17, 15) is 76.7 Å². The minimum atomic E-state index is -4.09. The minimum Gasteiger partial charge on any atom is -0.414 e. The summed E-state index contributed by atoms with van der Waals surface area (Å²) >= 11 is 0. The van der Waals surface area contributed by atoms with Crippen LogP contribution in [-0.2, 0) is 136 Å². The second kappa shape index (κ2) is 44.5. The van der Waals surface area contributed by atoms with E-state index in [0.717, 1.165) is 0 Å². The summed E-state index contributed by atoms with van der Waals surface area (Å²) in [5.41, 5.74) is 0. The van der Waals surface area contributed by atoms with Gasteiger partial charge in [0.05, 0.1) is 0 Å². The number of fused-ring (bicyclic) bond motifs is 2. The molecule has 4 heterocycles. The van der Waals surface area contributed by atoms with Crippen LogP contribution in [0.4, 0.5) is 0 Å². The molecule has 4 aliphatic rings. The average Bonchev–Trinajstić information content (AvgIpc) is 2.38. The highest BCUT2D eigenvalue weighted by molar-refractivity contribution is 6.78. The van der Waals surface area contributed by atoms with Crippen molar-refractivity contribution in [2.75, 3.05) is 0 Å². The van der Waals surface area contributed by atoms with E-state index in [2.05, 4.69) is 4.12 Å². The van der Waals surface area contributed by atoms with Gasteiger partial charge in [0.25, 0.3) is 0 Å². The summed E-state index contributed by atoms with van der Waals surface area (Å²) < 4.78 is 181. The fourth-order valence-electron chi connectivity index (χ4n) is 3.84. The van der Waals surface area contributed by atoms with Crippen molar-refractivity contribution in [3.8, 4) is 0 Å². The van der Waals surface area contributed by atoms with E-state index in [1.165, 1.54) is 45.8 Å². The van der Waals surface area contributed by atoms with Gasteiger partial charge in [-0.1, -0.05) is 0 Å². The molecule has 479 valence electrons. The molecule has 0 unspecified atom stereocenters. The molecular weight excluding hydrogens is 1710 g/mol. The Hall–Kier alpha value is 4.55. The van der Waals surface area contributed by atoms with Gasteiger partial charge in [-0.2, -0.15) is 0 Å². The maximum absolute atomic E-state index is 11.4. The molecule has 0 aromatic carbocycles. The highest BCUT2D eigenvalue weighted by Gasteiger charge is 2.53. The van der Waals surface area contributed by atoms with E-state index in [1.54, 1.807) is 0 Å². The van der Waals surface area contributed by atoms with Crippen LogP contribution in [0.1, 0.15) is 0 Å². The van der Waals surface area contributed by atoms with Gasteiger partial charge >= 0.3 is 285 Å². The Morgan fingerprint density at radius 1 is 0.291 bits per heavy atom. The van der Waals surface area contributed by atoms with Gasteiger partial charge in [0, 0.05) is 0 Å². The standard InChI is InChI=1S/C7H37O49Si30/c1-58(8)26-69(17)29-62(5)32-77-33-63(6)30-70(18)41-83-44-73(21)39-72(20)43-81(46-75(23)48-85(50-77)56-83)45-74(22)47-82-40-68(16)25-57-24-60(3)28-61(4)31-79(52-82)53-86-49-76(27-59(2)9)34-64(7)35-78(37-66(12)13)51-84(42-71(19)36-65(10)11)54-80(55-86)38-67(14)15/h8-23H,1-7H3. The second-order valence-corrected chi connectivity index (χ2v) is 58.2. The Balaban J connectivity index is 1.66. The molecule has 0 aromatic heterocycles. The van der Waals surface area contributed by atoms with Crippen LogP contribution in [0.25, 0.3) is 0 Å². The molecule has 4 rings (SSSR count). The first-order valence-electron chi connectivity index (χ1n) is 20.5. The zero-order chi connectivity index (χ0) is 63.8. The summed E-state index contributed by atoms with van der Waals surface area (Å²) in [5, 5.41) is 0. The third-order valence-electron chi connectivity index (χ3n) is 6.24. The van der Waals surface area contributed by atoms with Gasteiger partial charge in [-0.3, -0.25) is 0 Å². The Morgan fingerprint density at radius 2 is 0.698 bits per heavy atom. The third-order valence-corrected chi connectivity index (χ3v) is 56.1. The molecule has 4 fully saturated rings. The maximum Gasteiger partial charge on any atom is 0.563 e. The van der Waals surface area contributed by atoms with Crippen LogP contribution < -0.4 is 0 Å². The molecule has 0 aliphatic carbocycles. The van der Waals surface area contributed by atoms with Gasteiger partial charge in [0.1, 0.15) is 0 Å². The smallest absolute Gasteiger partial charge is 0.414 e. The van der Waals surface area contributed by atoms with Gasteiger partial charge in [0.2, 0.25) is 0 Å². The molecule has 0 saturated carbocycles. The summed E-state index contributed by atoms with van der Waals surface area (Å²) in [4.78, 5) is 164. The van der Waals surface area contributed by atoms with Crippen molar-refractivity contribution < 1.29 is 213 Å². The fourth-order valence-corrected chi connectivity index (χ4v) is 52.2. The van der Waals surface area contributed by atoms with Crippen LogP contribution in [0, 0.1) is 0 Å². The molecule has 0 spiro atoms. The zero-order valence-electron chi connectivity index (χ0n) is 42.6. The predicted molar refractivity (Wildman–Crippen MR) is 285 cm³/mol. The van der Waals surface area contributed by atoms with Crippen LogP contribution in [0.2, 0.25) is 45.8 Å². The van der Waals surface area contributed by atoms with Crippen LogP contribution >= 0.6 is 0 Å². The topological polar surface area (TPSA) is 628 Å². The molecule has 0 aromatic rings. The molecule has 2 bridgehead atoms. The van der Waals surface area contributed by atoms with Crippen LogP contribution in [0.5, 0.6) is 0 Å². The summed E-state index contributed by atoms with van der Waals surface area (Å²) in [7, 11) is -100. The van der Waals surface area contributed by atoms with Crippen molar-refractivity contribution >= 4 is 285 Å². The van der Waals surface area contributed by atoms with Crippen LogP contribution in [-0.4, -0.2) is 361 Å². The second-order valence-electron chi connectivity index (χ2n) is 12.7.